The third-order valence-corrected chi connectivity index (χ3v) is 4.17. The number of ether oxygens (including phenoxy) is 1. The van der Waals surface area contributed by atoms with Gasteiger partial charge in [-0.25, -0.2) is 0 Å². The SMILES string of the molecule is Cc1cc(C(N)=O)ccc1-c1cc(C(N)=O)ccc1OCc1ccccn1. The van der Waals surface area contributed by atoms with E-state index in [-0.39, 0.29) is 6.61 Å². The van der Waals surface area contributed by atoms with Crippen LogP contribution in [0.4, 0.5) is 0 Å². The fraction of sp³-hybridized carbons (Fsp3) is 0.0952. The van der Waals surface area contributed by atoms with Crippen LogP contribution in [0.3, 0.4) is 0 Å². The average Bonchev–Trinajstić information content (AvgIpc) is 2.67. The van der Waals surface area contributed by atoms with Crippen molar-refractivity contribution in [3.63, 3.8) is 0 Å². The molecule has 136 valence electrons. The molecule has 2 aromatic carbocycles. The van der Waals surface area contributed by atoms with Crippen LogP contribution >= 0.6 is 0 Å². The zero-order valence-corrected chi connectivity index (χ0v) is 14.8. The van der Waals surface area contributed by atoms with Gasteiger partial charge in [0.25, 0.3) is 0 Å². The molecule has 0 bridgehead atoms. The first-order valence-electron chi connectivity index (χ1n) is 8.33. The van der Waals surface area contributed by atoms with Crippen LogP contribution < -0.4 is 16.2 Å². The summed E-state index contributed by atoms with van der Waals surface area (Å²) < 4.78 is 5.94. The molecule has 6 heteroatoms. The lowest BCUT2D eigenvalue weighted by atomic mass is 9.96. The van der Waals surface area contributed by atoms with Gasteiger partial charge >= 0.3 is 0 Å². The van der Waals surface area contributed by atoms with Gasteiger partial charge in [0.2, 0.25) is 11.8 Å². The maximum absolute atomic E-state index is 11.6. The Morgan fingerprint density at radius 3 is 2.26 bits per heavy atom. The van der Waals surface area contributed by atoms with Crippen molar-refractivity contribution in [3.05, 3.63) is 83.2 Å². The highest BCUT2D eigenvalue weighted by Crippen LogP contribution is 2.34. The van der Waals surface area contributed by atoms with Crippen LogP contribution in [0.2, 0.25) is 0 Å². The van der Waals surface area contributed by atoms with Gasteiger partial charge in [0, 0.05) is 22.9 Å². The predicted molar refractivity (Wildman–Crippen MR) is 102 cm³/mol. The van der Waals surface area contributed by atoms with E-state index in [0.717, 1.165) is 16.8 Å². The van der Waals surface area contributed by atoms with E-state index in [1.807, 2.05) is 25.1 Å². The number of hydrogen-bond donors (Lipinski definition) is 2. The highest BCUT2D eigenvalue weighted by Gasteiger charge is 2.14. The molecule has 0 spiro atoms. The summed E-state index contributed by atoms with van der Waals surface area (Å²) in [4.78, 5) is 27.3. The molecule has 0 atom stereocenters. The van der Waals surface area contributed by atoms with Gasteiger partial charge in [0.1, 0.15) is 12.4 Å². The number of nitrogens with zero attached hydrogens (tertiary/aromatic N) is 1. The Morgan fingerprint density at radius 1 is 0.926 bits per heavy atom. The third-order valence-electron chi connectivity index (χ3n) is 4.17. The van der Waals surface area contributed by atoms with Crippen molar-refractivity contribution in [1.29, 1.82) is 0 Å². The van der Waals surface area contributed by atoms with E-state index in [1.165, 1.54) is 0 Å². The second-order valence-electron chi connectivity index (χ2n) is 6.08. The van der Waals surface area contributed by atoms with Gasteiger partial charge in [-0.2, -0.15) is 0 Å². The molecule has 0 aliphatic rings. The predicted octanol–water partition coefficient (Wildman–Crippen LogP) is 2.83. The Balaban J connectivity index is 2.02. The minimum Gasteiger partial charge on any atom is -0.487 e. The van der Waals surface area contributed by atoms with Crippen LogP contribution in [0.1, 0.15) is 32.0 Å². The normalized spacial score (nSPS) is 10.4. The van der Waals surface area contributed by atoms with Gasteiger partial charge in [-0.3, -0.25) is 14.6 Å². The van der Waals surface area contributed by atoms with Crippen LogP contribution in [-0.4, -0.2) is 16.8 Å². The summed E-state index contributed by atoms with van der Waals surface area (Å²) in [5, 5.41) is 0. The Bertz CT molecular complexity index is 1000. The van der Waals surface area contributed by atoms with Crippen molar-refractivity contribution < 1.29 is 14.3 Å². The van der Waals surface area contributed by atoms with E-state index in [4.69, 9.17) is 16.2 Å². The molecule has 4 N–H and O–H groups in total. The summed E-state index contributed by atoms with van der Waals surface area (Å²) in [7, 11) is 0. The molecule has 2 amide bonds. The monoisotopic (exact) mass is 361 g/mol. The first-order chi connectivity index (χ1) is 13.0. The number of rotatable bonds is 6. The molecule has 0 aliphatic carbocycles. The Labute approximate surface area is 156 Å². The lowest BCUT2D eigenvalue weighted by Crippen LogP contribution is -2.12. The molecule has 0 saturated carbocycles. The molecule has 27 heavy (non-hydrogen) atoms. The van der Waals surface area contributed by atoms with E-state index in [0.29, 0.717) is 22.4 Å². The number of pyridine rings is 1. The minimum absolute atomic E-state index is 0.280. The number of primary amides is 2. The van der Waals surface area contributed by atoms with Crippen molar-refractivity contribution in [2.75, 3.05) is 0 Å². The van der Waals surface area contributed by atoms with Crippen LogP contribution in [-0.2, 0) is 6.61 Å². The largest absolute Gasteiger partial charge is 0.487 e. The van der Waals surface area contributed by atoms with E-state index in [2.05, 4.69) is 4.98 Å². The van der Waals surface area contributed by atoms with Crippen molar-refractivity contribution in [1.82, 2.24) is 4.98 Å². The zero-order chi connectivity index (χ0) is 19.4. The van der Waals surface area contributed by atoms with E-state index >= 15 is 0 Å². The molecule has 1 aromatic heterocycles. The number of carbonyl (C=O) groups is 2. The summed E-state index contributed by atoms with van der Waals surface area (Å²) in [6, 6.07) is 15.7. The van der Waals surface area contributed by atoms with Crippen LogP contribution in [0, 0.1) is 6.92 Å². The Kier molecular flexibility index (Phi) is 5.17. The minimum atomic E-state index is -0.529. The summed E-state index contributed by atoms with van der Waals surface area (Å²) in [5.74, 6) is -0.443. The quantitative estimate of drug-likeness (QED) is 0.703. The first kappa shape index (κ1) is 18.1. The average molecular weight is 361 g/mol. The number of hydrogen-bond acceptors (Lipinski definition) is 4. The highest BCUT2D eigenvalue weighted by molar-refractivity contribution is 5.96. The molecule has 0 fully saturated rings. The number of carbonyl (C=O) groups excluding carboxylic acids is 2. The van der Waals surface area contributed by atoms with Crippen LogP contribution in [0.25, 0.3) is 11.1 Å². The first-order valence-corrected chi connectivity index (χ1v) is 8.33. The van der Waals surface area contributed by atoms with Gasteiger partial charge in [-0.1, -0.05) is 12.1 Å². The van der Waals surface area contributed by atoms with Gasteiger partial charge in [-0.05, 0) is 60.5 Å². The molecule has 0 aliphatic heterocycles. The third kappa shape index (κ3) is 4.12. The number of nitrogens with two attached hydrogens (primary N) is 2. The summed E-state index contributed by atoms with van der Waals surface area (Å²) in [6.45, 7) is 2.14. The standard InChI is InChI=1S/C21H19N3O3/c1-13-10-14(20(22)25)5-7-17(13)18-11-15(21(23)26)6-8-19(18)27-12-16-4-2-3-9-24-16/h2-11H,12H2,1H3,(H2,22,25)(H2,23,26). The van der Waals surface area contributed by atoms with Crippen molar-refractivity contribution in [2.24, 2.45) is 11.5 Å². The topological polar surface area (TPSA) is 108 Å². The summed E-state index contributed by atoms with van der Waals surface area (Å²) in [6.07, 6.45) is 1.70. The fourth-order valence-electron chi connectivity index (χ4n) is 2.77. The molecule has 0 saturated heterocycles. The number of aryl methyl sites for hydroxylation is 1. The summed E-state index contributed by atoms with van der Waals surface area (Å²) in [5.41, 5.74) is 14.7. The molecule has 0 radical (unpaired) electrons. The molecule has 6 nitrogen and oxygen atoms in total. The van der Waals surface area contributed by atoms with Gasteiger partial charge in [0.05, 0.1) is 5.69 Å². The Hall–Kier alpha value is -3.67. The number of aromatic nitrogens is 1. The highest BCUT2D eigenvalue weighted by atomic mass is 16.5. The van der Waals surface area contributed by atoms with Gasteiger partial charge in [0.15, 0.2) is 0 Å². The van der Waals surface area contributed by atoms with E-state index < -0.39 is 11.8 Å². The second kappa shape index (κ2) is 7.70. The molecule has 0 unspecified atom stereocenters. The Morgan fingerprint density at radius 2 is 1.63 bits per heavy atom. The zero-order valence-electron chi connectivity index (χ0n) is 14.8. The maximum atomic E-state index is 11.6. The van der Waals surface area contributed by atoms with Crippen molar-refractivity contribution >= 4 is 11.8 Å². The van der Waals surface area contributed by atoms with E-state index in [1.54, 1.807) is 42.6 Å². The molecule has 3 rings (SSSR count). The molecular formula is C21H19N3O3. The van der Waals surface area contributed by atoms with E-state index in [9.17, 15) is 9.59 Å². The molecular weight excluding hydrogens is 342 g/mol. The fourth-order valence-corrected chi connectivity index (χ4v) is 2.77. The second-order valence-corrected chi connectivity index (χ2v) is 6.08. The van der Waals surface area contributed by atoms with Crippen molar-refractivity contribution in [3.8, 4) is 16.9 Å². The lowest BCUT2D eigenvalue weighted by molar-refractivity contribution is 0.0992. The van der Waals surface area contributed by atoms with Gasteiger partial charge < -0.3 is 16.2 Å². The molecule has 1 heterocycles. The maximum Gasteiger partial charge on any atom is 0.248 e. The number of amides is 2. The smallest absolute Gasteiger partial charge is 0.248 e. The van der Waals surface area contributed by atoms with Crippen LogP contribution in [0.15, 0.2) is 60.8 Å². The van der Waals surface area contributed by atoms with Crippen LogP contribution in [0.5, 0.6) is 5.75 Å². The number of benzene rings is 2. The van der Waals surface area contributed by atoms with Crippen molar-refractivity contribution in [2.45, 2.75) is 13.5 Å². The summed E-state index contributed by atoms with van der Waals surface area (Å²) >= 11 is 0. The molecule has 3 aromatic rings. The van der Waals surface area contributed by atoms with Gasteiger partial charge in [-0.15, -0.1) is 0 Å². The lowest BCUT2D eigenvalue weighted by Gasteiger charge is -2.15.